The topological polar surface area (TPSA) is 48.4 Å². The molecule has 0 heterocycles. The molecule has 0 bridgehead atoms. The smallest absolute Gasteiger partial charge is 0.391 e. The van der Waals surface area contributed by atoms with Crippen molar-refractivity contribution in [3.05, 3.63) is 58.4 Å². The summed E-state index contributed by atoms with van der Waals surface area (Å²) in [5, 5.41) is 17.5. The van der Waals surface area contributed by atoms with Gasteiger partial charge in [0.25, 0.3) is 0 Å². The normalized spacial score (nSPS) is 12.3. The van der Waals surface area contributed by atoms with Crippen LogP contribution in [0.4, 0.5) is 0 Å². The minimum absolute atomic E-state index is 0.0450. The van der Waals surface area contributed by atoms with Crippen LogP contribution in [0.2, 0.25) is 0 Å². The predicted molar refractivity (Wildman–Crippen MR) is 55.9 cm³/mol. The lowest BCUT2D eigenvalue weighted by atomic mass is 10.1. The summed E-state index contributed by atoms with van der Waals surface area (Å²) in [6, 6.07) is 9.59. The first-order valence-corrected chi connectivity index (χ1v) is 4.21. The van der Waals surface area contributed by atoms with E-state index < -0.39 is 0 Å². The van der Waals surface area contributed by atoms with Crippen LogP contribution in [0.5, 0.6) is 0 Å². The zero-order valence-corrected chi connectivity index (χ0v) is 7.88. The highest BCUT2D eigenvalue weighted by molar-refractivity contribution is 5.56. The fraction of sp³-hybridized carbons (Fsp3) is 0.0909. The van der Waals surface area contributed by atoms with Crippen LogP contribution in [0.25, 0.3) is 11.1 Å². The Hall–Kier alpha value is -2.08. The van der Waals surface area contributed by atoms with Crippen LogP contribution < -0.4 is 0 Å². The zero-order chi connectivity index (χ0) is 10.4. The molecule has 0 spiro atoms. The predicted octanol–water partition coefficient (Wildman–Crippen LogP) is 3.34. The van der Waals surface area contributed by atoms with Crippen LogP contribution in [-0.2, 0) is 0 Å². The second-order valence-corrected chi connectivity index (χ2v) is 2.87. The van der Waals surface area contributed by atoms with E-state index in [1.165, 1.54) is 0 Å². The Morgan fingerprint density at radius 2 is 2.00 bits per heavy atom. The van der Waals surface area contributed by atoms with E-state index in [2.05, 4.69) is 4.98 Å². The fourth-order valence-corrected chi connectivity index (χ4v) is 1.03. The third-order valence-electron chi connectivity index (χ3n) is 1.77. The molecule has 70 valence electrons. The number of nitrogens with zero attached hydrogens (tertiary/aromatic N) is 2. The highest BCUT2D eigenvalue weighted by Gasteiger charge is 2.01. The molecule has 1 rings (SSSR count). The SMILES string of the molecule is CC(=Cc1ccccc1)C(O)=C[N+]#N. The van der Waals surface area contributed by atoms with Gasteiger partial charge in [-0.15, -0.1) is 0 Å². The van der Waals surface area contributed by atoms with Gasteiger partial charge in [0, 0.05) is 0 Å². The minimum Gasteiger partial charge on any atom is -0.502 e. The summed E-state index contributed by atoms with van der Waals surface area (Å²) < 4.78 is 0. The van der Waals surface area contributed by atoms with Crippen molar-refractivity contribution < 1.29 is 5.11 Å². The van der Waals surface area contributed by atoms with Crippen LogP contribution in [0.15, 0.2) is 47.9 Å². The molecule has 14 heavy (non-hydrogen) atoms. The molecule has 3 nitrogen and oxygen atoms in total. The maximum atomic E-state index is 9.32. The lowest BCUT2D eigenvalue weighted by Crippen LogP contribution is -1.82. The summed E-state index contributed by atoms with van der Waals surface area (Å²) in [5.74, 6) is -0.0450. The van der Waals surface area contributed by atoms with E-state index in [0.717, 1.165) is 11.8 Å². The maximum Gasteiger partial charge on any atom is 0.391 e. The zero-order valence-electron chi connectivity index (χ0n) is 7.88. The van der Waals surface area contributed by atoms with E-state index in [1.54, 1.807) is 13.0 Å². The van der Waals surface area contributed by atoms with Gasteiger partial charge in [-0.05, 0) is 24.1 Å². The van der Waals surface area contributed by atoms with Gasteiger partial charge in [0.05, 0.1) is 0 Å². The van der Waals surface area contributed by atoms with Crippen molar-refractivity contribution in [3.8, 4) is 0 Å². The van der Waals surface area contributed by atoms with E-state index >= 15 is 0 Å². The molecule has 0 aliphatic heterocycles. The number of hydrogen-bond acceptors (Lipinski definition) is 2. The van der Waals surface area contributed by atoms with Gasteiger partial charge in [-0.1, -0.05) is 30.3 Å². The molecule has 1 N–H and O–H groups in total. The molecular formula is C11H11N2O+. The average molecular weight is 187 g/mol. The Kier molecular flexibility index (Phi) is 3.45. The average Bonchev–Trinajstić information content (AvgIpc) is 2.19. The van der Waals surface area contributed by atoms with Gasteiger partial charge >= 0.3 is 6.20 Å². The Morgan fingerprint density at radius 1 is 1.36 bits per heavy atom. The summed E-state index contributed by atoms with van der Waals surface area (Å²) in [5.41, 5.74) is 1.64. The van der Waals surface area contributed by atoms with Crippen molar-refractivity contribution in [2.75, 3.05) is 0 Å². The standard InChI is InChI=1S/C11H10N2O/c1-9(11(14)8-13-12)7-10-5-3-2-4-6-10/h2-8H,1H3/p+1. The number of aliphatic hydroxyl groups excluding tert-OH is 1. The maximum absolute atomic E-state index is 9.32. The molecule has 0 aliphatic rings. The molecule has 0 saturated carbocycles. The number of benzene rings is 1. The second-order valence-electron chi connectivity index (χ2n) is 2.87. The summed E-state index contributed by atoms with van der Waals surface area (Å²) in [4.78, 5) is 2.75. The third-order valence-corrected chi connectivity index (χ3v) is 1.77. The first kappa shape index (κ1) is 10.0. The molecule has 0 aliphatic carbocycles. The van der Waals surface area contributed by atoms with E-state index in [0.29, 0.717) is 5.57 Å². The van der Waals surface area contributed by atoms with Crippen molar-refractivity contribution in [2.45, 2.75) is 6.92 Å². The molecule has 0 amide bonds. The van der Waals surface area contributed by atoms with E-state index in [9.17, 15) is 5.11 Å². The number of diazo groups is 1. The van der Waals surface area contributed by atoms with Crippen molar-refractivity contribution in [2.24, 2.45) is 0 Å². The number of hydrogen-bond donors (Lipinski definition) is 1. The van der Waals surface area contributed by atoms with Crippen LogP contribution in [0, 0.1) is 5.39 Å². The van der Waals surface area contributed by atoms with Crippen molar-refractivity contribution in [3.63, 3.8) is 0 Å². The van der Waals surface area contributed by atoms with Gasteiger partial charge in [-0.3, -0.25) is 0 Å². The summed E-state index contributed by atoms with van der Waals surface area (Å²) >= 11 is 0. The fourth-order valence-electron chi connectivity index (χ4n) is 1.03. The first-order chi connectivity index (χ1) is 6.74. The summed E-state index contributed by atoms with van der Waals surface area (Å²) in [6.45, 7) is 1.74. The van der Waals surface area contributed by atoms with Crippen LogP contribution in [-0.4, -0.2) is 5.11 Å². The van der Waals surface area contributed by atoms with Crippen LogP contribution in [0.1, 0.15) is 12.5 Å². The molecular weight excluding hydrogens is 176 g/mol. The van der Waals surface area contributed by atoms with E-state index in [4.69, 9.17) is 5.39 Å². The largest absolute Gasteiger partial charge is 0.502 e. The molecule has 1 aromatic carbocycles. The Morgan fingerprint density at radius 3 is 2.57 bits per heavy atom. The third kappa shape index (κ3) is 2.76. The molecule has 1 aromatic rings. The number of aliphatic hydroxyl groups is 1. The van der Waals surface area contributed by atoms with Gasteiger partial charge in [0.1, 0.15) is 0 Å². The molecule has 0 atom stereocenters. The minimum atomic E-state index is -0.0450. The molecule has 3 heteroatoms. The number of rotatable bonds is 2. The van der Waals surface area contributed by atoms with E-state index in [1.807, 2.05) is 30.3 Å². The van der Waals surface area contributed by atoms with Gasteiger partial charge in [0.2, 0.25) is 11.2 Å². The lowest BCUT2D eigenvalue weighted by Gasteiger charge is -1.95. The van der Waals surface area contributed by atoms with E-state index in [-0.39, 0.29) is 5.76 Å². The monoisotopic (exact) mass is 187 g/mol. The molecule has 0 fully saturated rings. The molecule has 0 aromatic heterocycles. The lowest BCUT2D eigenvalue weighted by molar-refractivity contribution is 0.424. The second kappa shape index (κ2) is 4.83. The summed E-state index contributed by atoms with van der Waals surface area (Å²) in [6.07, 6.45) is 2.80. The molecule has 0 unspecified atom stereocenters. The Bertz CT molecular complexity index is 399. The molecule has 0 radical (unpaired) electrons. The highest BCUT2D eigenvalue weighted by Crippen LogP contribution is 2.11. The Balaban J connectivity index is 2.91. The van der Waals surface area contributed by atoms with Gasteiger partial charge in [-0.25, -0.2) is 0 Å². The van der Waals surface area contributed by atoms with Crippen LogP contribution in [0.3, 0.4) is 0 Å². The first-order valence-electron chi connectivity index (χ1n) is 4.21. The van der Waals surface area contributed by atoms with Gasteiger partial charge in [-0.2, -0.15) is 0 Å². The van der Waals surface area contributed by atoms with Crippen molar-refractivity contribution >= 4 is 6.08 Å². The summed E-state index contributed by atoms with van der Waals surface area (Å²) in [7, 11) is 0. The van der Waals surface area contributed by atoms with Crippen molar-refractivity contribution in [1.29, 1.82) is 5.39 Å². The quantitative estimate of drug-likeness (QED) is 0.438. The Labute approximate surface area is 82.6 Å². The molecule has 0 saturated heterocycles. The van der Waals surface area contributed by atoms with Gasteiger partial charge < -0.3 is 5.11 Å². The van der Waals surface area contributed by atoms with Crippen molar-refractivity contribution in [1.82, 2.24) is 0 Å². The van der Waals surface area contributed by atoms with Gasteiger partial charge in [0.15, 0.2) is 4.98 Å². The van der Waals surface area contributed by atoms with Crippen LogP contribution >= 0.6 is 0 Å². The highest BCUT2D eigenvalue weighted by atomic mass is 16.3. The number of allylic oxidation sites excluding steroid dienone is 1.